The van der Waals surface area contributed by atoms with Crippen LogP contribution in [-0.4, -0.2) is 22.5 Å². The van der Waals surface area contributed by atoms with Crippen molar-refractivity contribution in [2.75, 3.05) is 5.33 Å². The fourth-order valence-corrected chi connectivity index (χ4v) is 6.86. The number of carbonyl (C=O) groups excluding carboxylic acids is 1. The summed E-state index contributed by atoms with van der Waals surface area (Å²) < 4.78 is 5.85. The van der Waals surface area contributed by atoms with Crippen molar-refractivity contribution in [1.29, 1.82) is 0 Å². The molecule has 2 fully saturated rings. The lowest BCUT2D eigenvalue weighted by atomic mass is 9.55. The van der Waals surface area contributed by atoms with Crippen molar-refractivity contribution in [2.45, 2.75) is 58.0 Å². The highest BCUT2D eigenvalue weighted by atomic mass is 79.9. The molecule has 0 amide bonds. The van der Waals surface area contributed by atoms with E-state index in [-0.39, 0.29) is 17.5 Å². The SMILES string of the molecule is CC(=O)O[C@@H]1[C@@H](CBr)C[C@H]2[C@@H]3CCc4cc(O)ccc4[C@H]3CC[C@]12C. The van der Waals surface area contributed by atoms with E-state index in [1.165, 1.54) is 24.5 Å². The maximum Gasteiger partial charge on any atom is 0.302 e. The Hall–Kier alpha value is -1.03. The van der Waals surface area contributed by atoms with Gasteiger partial charge < -0.3 is 9.84 Å². The van der Waals surface area contributed by atoms with Crippen LogP contribution >= 0.6 is 15.9 Å². The smallest absolute Gasteiger partial charge is 0.302 e. The molecule has 3 nitrogen and oxygen atoms in total. The van der Waals surface area contributed by atoms with Crippen LogP contribution < -0.4 is 0 Å². The summed E-state index contributed by atoms with van der Waals surface area (Å²) in [5.74, 6) is 2.52. The van der Waals surface area contributed by atoms with Crippen LogP contribution in [0.2, 0.25) is 0 Å². The molecule has 0 unspecified atom stereocenters. The Balaban J connectivity index is 1.67. The standard InChI is InChI=1S/C21H27BrO3/c1-12(23)25-20-14(11-22)10-19-18-5-3-13-9-15(24)4-6-16(13)17(18)7-8-21(19,20)2/h4,6,9,14,17-20,24H,3,5,7-8,10-11H2,1-2H3/t14-,17-,18-,19+,20-,21+/m1/s1. The number of aryl methyl sites for hydroxylation is 1. The van der Waals surface area contributed by atoms with Gasteiger partial charge in [-0.25, -0.2) is 0 Å². The highest BCUT2D eigenvalue weighted by Gasteiger charge is 2.59. The van der Waals surface area contributed by atoms with E-state index in [1.807, 2.05) is 12.1 Å². The summed E-state index contributed by atoms with van der Waals surface area (Å²) in [6.45, 7) is 3.90. The largest absolute Gasteiger partial charge is 0.508 e. The van der Waals surface area contributed by atoms with Crippen LogP contribution in [-0.2, 0) is 16.0 Å². The van der Waals surface area contributed by atoms with Gasteiger partial charge in [0.25, 0.3) is 0 Å². The van der Waals surface area contributed by atoms with Crippen molar-refractivity contribution in [3.05, 3.63) is 29.3 Å². The first kappa shape index (κ1) is 17.4. The molecule has 6 atom stereocenters. The number of fused-ring (bicyclic) bond motifs is 5. The molecular weight excluding hydrogens is 380 g/mol. The minimum Gasteiger partial charge on any atom is -0.508 e. The summed E-state index contributed by atoms with van der Waals surface area (Å²) in [5, 5.41) is 10.7. The summed E-state index contributed by atoms with van der Waals surface area (Å²) in [5.41, 5.74) is 2.87. The van der Waals surface area contributed by atoms with Crippen molar-refractivity contribution in [3.8, 4) is 5.75 Å². The Kier molecular flexibility index (Phi) is 4.38. The highest BCUT2D eigenvalue weighted by Crippen LogP contribution is 2.63. The third-order valence-corrected chi connectivity index (χ3v) is 8.11. The van der Waals surface area contributed by atoms with E-state index in [9.17, 15) is 9.90 Å². The van der Waals surface area contributed by atoms with Gasteiger partial charge in [0.1, 0.15) is 11.9 Å². The van der Waals surface area contributed by atoms with Gasteiger partial charge in [0.05, 0.1) is 0 Å². The van der Waals surface area contributed by atoms with Gasteiger partial charge in [-0.05, 0) is 73.1 Å². The Bertz CT molecular complexity index is 688. The highest BCUT2D eigenvalue weighted by molar-refractivity contribution is 9.09. The first-order valence-corrected chi connectivity index (χ1v) is 10.6. The van der Waals surface area contributed by atoms with Gasteiger partial charge in [-0.15, -0.1) is 0 Å². The molecular formula is C21H27BrO3. The van der Waals surface area contributed by atoms with E-state index in [0.717, 1.165) is 31.0 Å². The summed E-state index contributed by atoms with van der Waals surface area (Å²) in [6.07, 6.45) is 5.69. The zero-order valence-electron chi connectivity index (χ0n) is 15.0. The molecule has 4 heteroatoms. The molecule has 1 N–H and O–H groups in total. The van der Waals surface area contributed by atoms with E-state index >= 15 is 0 Å². The third kappa shape index (κ3) is 2.72. The second-order valence-electron chi connectivity index (χ2n) is 8.52. The van der Waals surface area contributed by atoms with E-state index in [1.54, 1.807) is 0 Å². The normalized spacial score (nSPS) is 39.2. The molecule has 0 aliphatic heterocycles. The number of hydrogen-bond donors (Lipinski definition) is 1. The molecule has 1 aromatic rings. The molecule has 3 aliphatic rings. The number of aromatic hydroxyl groups is 1. The fraction of sp³-hybridized carbons (Fsp3) is 0.667. The number of ether oxygens (including phenoxy) is 1. The topological polar surface area (TPSA) is 46.5 Å². The number of esters is 1. The third-order valence-electron chi connectivity index (χ3n) is 7.27. The van der Waals surface area contributed by atoms with E-state index < -0.39 is 0 Å². The number of carbonyl (C=O) groups is 1. The molecule has 0 aromatic heterocycles. The minimum atomic E-state index is -0.149. The second-order valence-corrected chi connectivity index (χ2v) is 9.17. The van der Waals surface area contributed by atoms with Crippen LogP contribution in [0, 0.1) is 23.2 Å². The van der Waals surface area contributed by atoms with E-state index in [0.29, 0.717) is 29.4 Å². The van der Waals surface area contributed by atoms with E-state index in [2.05, 4.69) is 28.9 Å². The number of halogens is 1. The van der Waals surface area contributed by atoms with Crippen LogP contribution in [0.3, 0.4) is 0 Å². The van der Waals surface area contributed by atoms with Crippen LogP contribution in [0.1, 0.15) is 56.6 Å². The van der Waals surface area contributed by atoms with Crippen molar-refractivity contribution >= 4 is 21.9 Å². The van der Waals surface area contributed by atoms with Gasteiger partial charge in [-0.2, -0.15) is 0 Å². The number of phenols is 1. The number of phenolic OH excluding ortho intramolecular Hbond substituents is 1. The quantitative estimate of drug-likeness (QED) is 0.566. The van der Waals surface area contributed by atoms with Crippen molar-refractivity contribution < 1.29 is 14.6 Å². The van der Waals surface area contributed by atoms with Crippen molar-refractivity contribution in [3.63, 3.8) is 0 Å². The molecule has 0 heterocycles. The summed E-state index contributed by atoms with van der Waals surface area (Å²) >= 11 is 3.67. The molecule has 0 radical (unpaired) electrons. The van der Waals surface area contributed by atoms with Gasteiger partial charge in [-0.1, -0.05) is 28.9 Å². The van der Waals surface area contributed by atoms with Gasteiger partial charge in [-0.3, -0.25) is 4.79 Å². The maximum absolute atomic E-state index is 11.7. The predicted molar refractivity (Wildman–Crippen MR) is 101 cm³/mol. The van der Waals surface area contributed by atoms with Crippen molar-refractivity contribution in [2.24, 2.45) is 23.2 Å². The number of rotatable bonds is 2. The zero-order valence-corrected chi connectivity index (χ0v) is 16.6. The number of alkyl halides is 1. The van der Waals surface area contributed by atoms with Gasteiger partial charge in [0.2, 0.25) is 0 Å². The molecule has 4 rings (SSSR count). The second kappa shape index (κ2) is 6.29. The molecule has 0 spiro atoms. The molecule has 0 bridgehead atoms. The minimum absolute atomic E-state index is 0.0385. The zero-order chi connectivity index (χ0) is 17.8. The van der Waals surface area contributed by atoms with Gasteiger partial charge in [0.15, 0.2) is 0 Å². The average molecular weight is 407 g/mol. The first-order chi connectivity index (χ1) is 11.9. The lowest BCUT2D eigenvalue weighted by molar-refractivity contribution is -0.157. The van der Waals surface area contributed by atoms with Crippen LogP contribution in [0.15, 0.2) is 18.2 Å². The van der Waals surface area contributed by atoms with Gasteiger partial charge in [0, 0.05) is 23.6 Å². The molecule has 25 heavy (non-hydrogen) atoms. The Morgan fingerprint density at radius 2 is 2.20 bits per heavy atom. The van der Waals surface area contributed by atoms with Crippen LogP contribution in [0.4, 0.5) is 0 Å². The maximum atomic E-state index is 11.7. The molecule has 136 valence electrons. The van der Waals surface area contributed by atoms with E-state index in [4.69, 9.17) is 4.74 Å². The number of hydrogen-bond acceptors (Lipinski definition) is 3. The fourth-order valence-electron chi connectivity index (χ4n) is 6.26. The first-order valence-electron chi connectivity index (χ1n) is 9.49. The molecule has 1 aromatic carbocycles. The lowest BCUT2D eigenvalue weighted by Crippen LogP contribution is -2.46. The molecule has 3 aliphatic carbocycles. The summed E-state index contributed by atoms with van der Waals surface area (Å²) in [7, 11) is 0. The van der Waals surface area contributed by atoms with Crippen molar-refractivity contribution in [1.82, 2.24) is 0 Å². The van der Waals surface area contributed by atoms with Crippen LogP contribution in [0.25, 0.3) is 0 Å². The molecule has 0 saturated heterocycles. The van der Waals surface area contributed by atoms with Gasteiger partial charge >= 0.3 is 5.97 Å². The average Bonchev–Trinajstić information content (AvgIpc) is 2.86. The Morgan fingerprint density at radius 1 is 1.40 bits per heavy atom. The Labute approximate surface area is 158 Å². The summed E-state index contributed by atoms with van der Waals surface area (Å²) in [4.78, 5) is 11.7. The van der Waals surface area contributed by atoms with Crippen LogP contribution in [0.5, 0.6) is 5.75 Å². The monoisotopic (exact) mass is 406 g/mol. The predicted octanol–water partition coefficient (Wildman–Crippen LogP) is 4.80. The summed E-state index contributed by atoms with van der Waals surface area (Å²) in [6, 6.07) is 5.94. The number of benzene rings is 1. The Morgan fingerprint density at radius 3 is 2.92 bits per heavy atom. The lowest BCUT2D eigenvalue weighted by Gasteiger charge is -2.50. The molecule has 2 saturated carbocycles.